The normalized spacial score (nSPS) is 20.9. The van der Waals surface area contributed by atoms with E-state index < -0.39 is 17.8 Å². The average molecular weight is 352 g/mol. The molecular weight excluding hydrogens is 335 g/mol. The summed E-state index contributed by atoms with van der Waals surface area (Å²) in [6.07, 6.45) is 6.31. The number of fused-ring (bicyclic) bond motifs is 3. The molecule has 26 heavy (non-hydrogen) atoms. The van der Waals surface area contributed by atoms with Crippen molar-refractivity contribution in [3.63, 3.8) is 0 Å². The fraction of sp³-hybridized carbons (Fsp3) is 0.200. The molecule has 3 aliphatic rings. The first-order valence-corrected chi connectivity index (χ1v) is 8.29. The summed E-state index contributed by atoms with van der Waals surface area (Å²) >= 11 is 0. The summed E-state index contributed by atoms with van der Waals surface area (Å²) in [5, 5.41) is 3.12. The van der Waals surface area contributed by atoms with Gasteiger partial charge in [-0.15, -0.1) is 0 Å². The number of esters is 1. The average Bonchev–Trinajstić information content (AvgIpc) is 2.96. The second-order valence-corrected chi connectivity index (χ2v) is 6.31. The number of benzene rings is 1. The van der Waals surface area contributed by atoms with E-state index in [1.165, 1.54) is 13.2 Å². The number of hydrogen-bond donors (Lipinski definition) is 1. The van der Waals surface area contributed by atoms with Crippen molar-refractivity contribution >= 4 is 11.8 Å². The van der Waals surface area contributed by atoms with Gasteiger partial charge in [0.05, 0.1) is 12.7 Å². The zero-order chi connectivity index (χ0) is 18.3. The van der Waals surface area contributed by atoms with Crippen LogP contribution in [0.1, 0.15) is 15.9 Å². The van der Waals surface area contributed by atoms with Crippen molar-refractivity contribution in [3.8, 4) is 0 Å². The summed E-state index contributed by atoms with van der Waals surface area (Å²) in [7, 11) is 1.34. The number of carbonyl (C=O) groups excluding carboxylic acids is 2. The van der Waals surface area contributed by atoms with Crippen molar-refractivity contribution < 1.29 is 18.7 Å². The van der Waals surface area contributed by atoms with Gasteiger partial charge in [0.15, 0.2) is 5.78 Å². The van der Waals surface area contributed by atoms with Crippen LogP contribution in [0.15, 0.2) is 71.4 Å². The summed E-state index contributed by atoms with van der Waals surface area (Å²) in [5.41, 5.74) is 3.87. The Labute approximate surface area is 150 Å². The lowest BCUT2D eigenvalue weighted by Gasteiger charge is -2.27. The molecule has 0 spiro atoms. The van der Waals surface area contributed by atoms with Crippen LogP contribution in [0.5, 0.6) is 0 Å². The molecule has 6 heteroatoms. The van der Waals surface area contributed by atoms with Gasteiger partial charge in [0, 0.05) is 36.6 Å². The van der Waals surface area contributed by atoms with E-state index in [4.69, 9.17) is 4.74 Å². The van der Waals surface area contributed by atoms with E-state index in [-0.39, 0.29) is 5.78 Å². The maximum absolute atomic E-state index is 13.8. The number of allylic oxidation sites excluding steroid dienone is 3. The molecule has 0 bridgehead atoms. The molecule has 1 aromatic carbocycles. The number of halogens is 1. The summed E-state index contributed by atoms with van der Waals surface area (Å²) < 4.78 is 18.5. The second-order valence-electron chi connectivity index (χ2n) is 6.31. The van der Waals surface area contributed by atoms with Gasteiger partial charge in [-0.3, -0.25) is 4.79 Å². The molecule has 2 heterocycles. The number of rotatable bonds is 3. The van der Waals surface area contributed by atoms with Crippen LogP contribution in [-0.2, 0) is 16.1 Å². The van der Waals surface area contributed by atoms with Crippen LogP contribution in [0.2, 0.25) is 0 Å². The van der Waals surface area contributed by atoms with Crippen LogP contribution in [0, 0.1) is 0 Å². The van der Waals surface area contributed by atoms with Gasteiger partial charge in [0.1, 0.15) is 11.9 Å². The summed E-state index contributed by atoms with van der Waals surface area (Å²) in [6, 6.07) is 6.55. The van der Waals surface area contributed by atoms with E-state index in [1.807, 2.05) is 29.3 Å². The predicted octanol–water partition coefficient (Wildman–Crippen LogP) is 2.39. The minimum Gasteiger partial charge on any atom is -0.465 e. The number of carbonyl (C=O) groups is 2. The molecular formula is C20H17FN2O3. The van der Waals surface area contributed by atoms with Gasteiger partial charge in [-0.05, 0) is 35.4 Å². The van der Waals surface area contributed by atoms with Gasteiger partial charge in [-0.1, -0.05) is 12.1 Å². The van der Waals surface area contributed by atoms with Crippen molar-refractivity contribution in [1.29, 1.82) is 0 Å². The van der Waals surface area contributed by atoms with Crippen molar-refractivity contribution in [2.24, 2.45) is 0 Å². The molecule has 2 aliphatic heterocycles. The van der Waals surface area contributed by atoms with E-state index in [2.05, 4.69) is 5.32 Å². The van der Waals surface area contributed by atoms with Crippen molar-refractivity contribution in [1.82, 2.24) is 10.2 Å². The fourth-order valence-electron chi connectivity index (χ4n) is 3.56. The SMILES string of the molecule is COC(=O)c1ccc(CN2C3=CCNC=C3C3=CC(F)=CC(=O)C32)cc1. The number of nitrogens with zero attached hydrogens (tertiary/aromatic N) is 1. The van der Waals surface area contributed by atoms with Crippen molar-refractivity contribution in [3.05, 3.63) is 82.5 Å². The molecule has 0 aromatic heterocycles. The third-order valence-electron chi connectivity index (χ3n) is 4.73. The predicted molar refractivity (Wildman–Crippen MR) is 93.6 cm³/mol. The van der Waals surface area contributed by atoms with Gasteiger partial charge in [-0.2, -0.15) is 0 Å². The fourth-order valence-corrected chi connectivity index (χ4v) is 3.56. The lowest BCUT2D eigenvalue weighted by Crippen LogP contribution is -2.36. The Balaban J connectivity index is 1.66. The van der Waals surface area contributed by atoms with Gasteiger partial charge < -0.3 is 15.0 Å². The van der Waals surface area contributed by atoms with Gasteiger partial charge in [0.25, 0.3) is 0 Å². The Hall–Kier alpha value is -3.15. The Morgan fingerprint density at radius 3 is 2.81 bits per heavy atom. The second kappa shape index (κ2) is 6.29. The van der Waals surface area contributed by atoms with E-state index in [0.717, 1.165) is 22.9 Å². The van der Waals surface area contributed by atoms with Crippen molar-refractivity contribution in [2.75, 3.05) is 13.7 Å². The topological polar surface area (TPSA) is 58.6 Å². The quantitative estimate of drug-likeness (QED) is 0.847. The van der Waals surface area contributed by atoms with Crippen LogP contribution < -0.4 is 5.32 Å². The molecule has 4 rings (SSSR count). The monoisotopic (exact) mass is 352 g/mol. The zero-order valence-corrected chi connectivity index (χ0v) is 14.2. The smallest absolute Gasteiger partial charge is 0.337 e. The van der Waals surface area contributed by atoms with Gasteiger partial charge in [-0.25, -0.2) is 9.18 Å². The Kier molecular flexibility index (Phi) is 3.95. The molecule has 1 N–H and O–H groups in total. The molecule has 1 atom stereocenters. The van der Waals surface area contributed by atoms with E-state index in [0.29, 0.717) is 24.2 Å². The number of nitrogens with one attached hydrogen (secondary N) is 1. The lowest BCUT2D eigenvalue weighted by molar-refractivity contribution is -0.117. The molecule has 0 saturated carbocycles. The molecule has 1 saturated heterocycles. The van der Waals surface area contributed by atoms with Crippen LogP contribution in [0.3, 0.4) is 0 Å². The maximum Gasteiger partial charge on any atom is 0.337 e. The first-order valence-electron chi connectivity index (χ1n) is 8.29. The van der Waals surface area contributed by atoms with Gasteiger partial charge >= 0.3 is 5.97 Å². The van der Waals surface area contributed by atoms with Crippen molar-refractivity contribution in [2.45, 2.75) is 12.6 Å². The lowest BCUT2D eigenvalue weighted by atomic mass is 9.94. The molecule has 1 fully saturated rings. The highest BCUT2D eigenvalue weighted by atomic mass is 19.1. The number of likely N-dealkylation sites (tertiary alicyclic amines) is 1. The van der Waals surface area contributed by atoms with Crippen LogP contribution in [-0.4, -0.2) is 36.3 Å². The number of ketones is 1. The Bertz CT molecular complexity index is 909. The molecule has 1 unspecified atom stereocenters. The number of dihydropyridines is 1. The van der Waals surface area contributed by atoms with E-state index >= 15 is 0 Å². The number of ether oxygens (including phenoxy) is 1. The highest BCUT2D eigenvalue weighted by molar-refractivity contribution is 6.01. The Morgan fingerprint density at radius 1 is 1.31 bits per heavy atom. The van der Waals surface area contributed by atoms with Crippen LogP contribution in [0.25, 0.3) is 0 Å². The summed E-state index contributed by atoms with van der Waals surface area (Å²) in [5.74, 6) is -1.17. The van der Waals surface area contributed by atoms with E-state index in [9.17, 15) is 14.0 Å². The number of hydrogen-bond acceptors (Lipinski definition) is 5. The Morgan fingerprint density at radius 2 is 2.08 bits per heavy atom. The highest BCUT2D eigenvalue weighted by Gasteiger charge is 2.42. The minimum absolute atomic E-state index is 0.262. The highest BCUT2D eigenvalue weighted by Crippen LogP contribution is 2.42. The molecule has 5 nitrogen and oxygen atoms in total. The molecule has 0 radical (unpaired) electrons. The standard InChI is InChI=1S/C20H17FN2O3/c1-26-20(25)13-4-2-12(3-5-13)11-23-17-6-7-22-10-16(17)15-8-14(21)9-18(24)19(15)23/h2-6,8-10,19,22H,7,11H2,1H3. The molecule has 1 aliphatic carbocycles. The maximum atomic E-state index is 13.8. The van der Waals surface area contributed by atoms with Crippen LogP contribution >= 0.6 is 0 Å². The minimum atomic E-state index is -0.521. The number of methoxy groups -OCH3 is 1. The summed E-state index contributed by atoms with van der Waals surface area (Å²) in [4.78, 5) is 26.0. The largest absolute Gasteiger partial charge is 0.465 e. The first-order chi connectivity index (χ1) is 12.6. The molecule has 132 valence electrons. The van der Waals surface area contributed by atoms with Crippen LogP contribution in [0.4, 0.5) is 4.39 Å². The third kappa shape index (κ3) is 2.63. The first kappa shape index (κ1) is 16.3. The van der Waals surface area contributed by atoms with Gasteiger partial charge in [0.2, 0.25) is 0 Å². The zero-order valence-electron chi connectivity index (χ0n) is 14.2. The third-order valence-corrected chi connectivity index (χ3v) is 4.73. The van der Waals surface area contributed by atoms with E-state index in [1.54, 1.807) is 12.1 Å². The summed E-state index contributed by atoms with van der Waals surface area (Å²) in [6.45, 7) is 1.13. The molecule has 0 amide bonds. The molecule has 1 aromatic rings.